The van der Waals surface area contributed by atoms with Crippen LogP contribution in [0.25, 0.3) is 0 Å². The van der Waals surface area contributed by atoms with Crippen LogP contribution in [0.1, 0.15) is 69.0 Å². The molecule has 1 aromatic rings. The number of carbonyl (C=O) groups excluding carboxylic acids is 1. The molecule has 0 aromatic heterocycles. The highest BCUT2D eigenvalue weighted by molar-refractivity contribution is 5.93. The molecule has 1 atom stereocenters. The molecular weight excluding hydrogens is 274 g/mol. The van der Waals surface area contributed by atoms with Gasteiger partial charge in [-0.25, -0.2) is 4.79 Å². The Morgan fingerprint density at radius 2 is 1.91 bits per heavy atom. The van der Waals surface area contributed by atoms with Crippen molar-refractivity contribution in [3.63, 3.8) is 0 Å². The van der Waals surface area contributed by atoms with Crippen molar-refractivity contribution in [2.75, 3.05) is 11.9 Å². The van der Waals surface area contributed by atoms with Crippen molar-refractivity contribution >= 4 is 11.7 Å². The van der Waals surface area contributed by atoms with E-state index in [0.717, 1.165) is 5.69 Å². The minimum atomic E-state index is -0.273. The van der Waals surface area contributed by atoms with Gasteiger partial charge in [-0.3, -0.25) is 4.90 Å². The summed E-state index contributed by atoms with van der Waals surface area (Å²) in [5, 5.41) is 8.31. The van der Waals surface area contributed by atoms with E-state index in [4.69, 9.17) is 0 Å². The van der Waals surface area contributed by atoms with E-state index < -0.39 is 0 Å². The number of nitrogens with zero attached hydrogens (tertiary/aromatic N) is 3. The second-order valence-corrected chi connectivity index (χ2v) is 6.86. The Morgan fingerprint density at radius 1 is 1.18 bits per heavy atom. The van der Waals surface area contributed by atoms with Gasteiger partial charge < -0.3 is 0 Å². The zero-order valence-electron chi connectivity index (χ0n) is 13.7. The average molecular weight is 299 g/mol. The van der Waals surface area contributed by atoms with Crippen LogP contribution in [0, 0.1) is 5.92 Å². The summed E-state index contributed by atoms with van der Waals surface area (Å²) in [4.78, 5) is 13.7. The Bertz CT molecular complexity index is 588. The maximum absolute atomic E-state index is 12.1. The molecule has 4 heteroatoms. The molecule has 0 bridgehead atoms. The van der Waals surface area contributed by atoms with E-state index in [2.05, 4.69) is 36.2 Å². The quantitative estimate of drug-likeness (QED) is 0.715. The molecule has 22 heavy (non-hydrogen) atoms. The molecule has 0 spiro atoms. The number of anilines is 1. The third kappa shape index (κ3) is 2.67. The first kappa shape index (κ1) is 15.2. The van der Waals surface area contributed by atoms with Crippen molar-refractivity contribution in [1.82, 2.24) is 0 Å². The number of urea groups is 1. The summed E-state index contributed by atoms with van der Waals surface area (Å²) in [7, 11) is 1.80. The molecule has 3 rings (SSSR count). The molecule has 2 amide bonds. The van der Waals surface area contributed by atoms with Crippen molar-refractivity contribution in [2.45, 2.75) is 57.9 Å². The van der Waals surface area contributed by atoms with Crippen molar-refractivity contribution in [2.24, 2.45) is 16.1 Å². The SMILES string of the molecule is CC(C)[C@@H]1N=NC(=O)N(C)c2cccc(C3CCCCC3)c21. The molecule has 1 aliphatic heterocycles. The van der Waals surface area contributed by atoms with Crippen molar-refractivity contribution in [3.8, 4) is 0 Å². The molecule has 1 aromatic carbocycles. The summed E-state index contributed by atoms with van der Waals surface area (Å²) in [5.74, 6) is 0.924. The fraction of sp³-hybridized carbons (Fsp3) is 0.611. The number of azo groups is 1. The van der Waals surface area contributed by atoms with E-state index in [9.17, 15) is 4.79 Å². The predicted molar refractivity (Wildman–Crippen MR) is 88.5 cm³/mol. The van der Waals surface area contributed by atoms with Crippen LogP contribution in [-0.2, 0) is 0 Å². The van der Waals surface area contributed by atoms with Crippen molar-refractivity contribution in [3.05, 3.63) is 29.3 Å². The van der Waals surface area contributed by atoms with Crippen LogP contribution in [0.2, 0.25) is 0 Å². The Kier molecular flexibility index (Phi) is 4.27. The second-order valence-electron chi connectivity index (χ2n) is 6.86. The summed E-state index contributed by atoms with van der Waals surface area (Å²) in [6, 6.07) is 6.05. The minimum Gasteiger partial charge on any atom is -0.294 e. The highest BCUT2D eigenvalue weighted by atomic mass is 16.2. The number of fused-ring (bicyclic) bond motifs is 1. The van der Waals surface area contributed by atoms with Gasteiger partial charge in [0.1, 0.15) is 6.04 Å². The second kappa shape index (κ2) is 6.19. The maximum atomic E-state index is 12.1. The summed E-state index contributed by atoms with van der Waals surface area (Å²) in [5.41, 5.74) is 3.59. The lowest BCUT2D eigenvalue weighted by molar-refractivity contribution is 0.253. The first-order valence-corrected chi connectivity index (χ1v) is 8.41. The smallest absolute Gasteiger partial charge is 0.294 e. The Morgan fingerprint density at radius 3 is 2.59 bits per heavy atom. The molecule has 118 valence electrons. The summed E-state index contributed by atoms with van der Waals surface area (Å²) < 4.78 is 0. The van der Waals surface area contributed by atoms with Gasteiger partial charge in [0.15, 0.2) is 0 Å². The first-order valence-electron chi connectivity index (χ1n) is 8.41. The molecular formula is C18H25N3O. The standard InChI is InChI=1S/C18H25N3O/c1-12(2)17-16-14(13-8-5-4-6-9-13)10-7-11-15(16)21(3)18(22)20-19-17/h7,10-13,17H,4-6,8-9H2,1-3H3/t17-/m0/s1. The molecule has 0 radical (unpaired) electrons. The Labute approximate surface area is 132 Å². The highest BCUT2D eigenvalue weighted by Crippen LogP contribution is 2.44. The minimum absolute atomic E-state index is 0.0259. The molecule has 0 unspecified atom stereocenters. The van der Waals surface area contributed by atoms with E-state index in [1.165, 1.54) is 43.2 Å². The first-order chi connectivity index (χ1) is 10.6. The van der Waals surface area contributed by atoms with Gasteiger partial charge >= 0.3 is 6.03 Å². The Hall–Kier alpha value is -1.71. The van der Waals surface area contributed by atoms with Crippen LogP contribution in [0.4, 0.5) is 10.5 Å². The summed E-state index contributed by atoms with van der Waals surface area (Å²) in [6.45, 7) is 4.31. The third-order valence-electron chi connectivity index (χ3n) is 5.01. The van der Waals surface area contributed by atoms with Gasteiger partial charge in [-0.1, -0.05) is 50.4 Å². The summed E-state index contributed by atoms with van der Waals surface area (Å²) >= 11 is 0. The fourth-order valence-corrected chi connectivity index (χ4v) is 3.76. The zero-order chi connectivity index (χ0) is 15.7. The number of hydrogen-bond acceptors (Lipinski definition) is 2. The molecule has 1 fully saturated rings. The van der Waals surface area contributed by atoms with E-state index in [0.29, 0.717) is 11.8 Å². The number of carbonyl (C=O) groups is 1. The molecule has 4 nitrogen and oxygen atoms in total. The third-order valence-corrected chi connectivity index (χ3v) is 5.01. The van der Waals surface area contributed by atoms with Crippen LogP contribution in [0.5, 0.6) is 0 Å². The van der Waals surface area contributed by atoms with Gasteiger partial charge in [-0.15, -0.1) is 0 Å². The van der Waals surface area contributed by atoms with Gasteiger partial charge in [0.05, 0.1) is 5.69 Å². The van der Waals surface area contributed by atoms with E-state index >= 15 is 0 Å². The fourth-order valence-electron chi connectivity index (χ4n) is 3.76. The van der Waals surface area contributed by atoms with Crippen LogP contribution in [0.15, 0.2) is 28.4 Å². The molecule has 2 aliphatic rings. The topological polar surface area (TPSA) is 45.0 Å². The van der Waals surface area contributed by atoms with Crippen LogP contribution >= 0.6 is 0 Å². The van der Waals surface area contributed by atoms with Gasteiger partial charge in [-0.05, 0) is 36.3 Å². The molecule has 0 saturated heterocycles. The van der Waals surface area contributed by atoms with E-state index in [-0.39, 0.29) is 12.1 Å². The van der Waals surface area contributed by atoms with Crippen molar-refractivity contribution in [1.29, 1.82) is 0 Å². The summed E-state index contributed by atoms with van der Waals surface area (Å²) in [6.07, 6.45) is 6.44. The maximum Gasteiger partial charge on any atom is 0.366 e. The van der Waals surface area contributed by atoms with Gasteiger partial charge in [0, 0.05) is 12.6 Å². The van der Waals surface area contributed by atoms with Gasteiger partial charge in [0.25, 0.3) is 0 Å². The van der Waals surface area contributed by atoms with Crippen LogP contribution in [0.3, 0.4) is 0 Å². The van der Waals surface area contributed by atoms with Crippen molar-refractivity contribution < 1.29 is 4.79 Å². The molecule has 1 aliphatic carbocycles. The van der Waals surface area contributed by atoms with E-state index in [1.807, 2.05) is 6.07 Å². The average Bonchev–Trinajstić information content (AvgIpc) is 2.66. The lowest BCUT2D eigenvalue weighted by Gasteiger charge is -2.29. The van der Waals surface area contributed by atoms with Gasteiger partial charge in [-0.2, -0.15) is 5.11 Å². The van der Waals surface area contributed by atoms with Crippen LogP contribution in [-0.4, -0.2) is 13.1 Å². The zero-order valence-corrected chi connectivity index (χ0v) is 13.7. The normalized spacial score (nSPS) is 22.8. The Balaban J connectivity index is 2.13. The number of rotatable bonds is 2. The molecule has 1 saturated carbocycles. The van der Waals surface area contributed by atoms with E-state index in [1.54, 1.807) is 11.9 Å². The largest absolute Gasteiger partial charge is 0.366 e. The lowest BCUT2D eigenvalue weighted by atomic mass is 9.79. The lowest BCUT2D eigenvalue weighted by Crippen LogP contribution is -2.23. The molecule has 0 N–H and O–H groups in total. The number of benzene rings is 1. The highest BCUT2D eigenvalue weighted by Gasteiger charge is 2.31. The number of amides is 2. The predicted octanol–water partition coefficient (Wildman–Crippen LogP) is 5.45. The van der Waals surface area contributed by atoms with Crippen LogP contribution < -0.4 is 4.90 Å². The monoisotopic (exact) mass is 299 g/mol. The molecule has 1 heterocycles. The number of hydrogen-bond donors (Lipinski definition) is 0. The van der Waals surface area contributed by atoms with Gasteiger partial charge in [0.2, 0.25) is 0 Å².